The molecule has 0 saturated heterocycles. The molecular formula is C20H26ClN3O2. The lowest BCUT2D eigenvalue weighted by atomic mass is 10.1. The second kappa shape index (κ2) is 9.94. The summed E-state index contributed by atoms with van der Waals surface area (Å²) in [6, 6.07) is 7.19. The van der Waals surface area contributed by atoms with Gasteiger partial charge >= 0.3 is 0 Å². The van der Waals surface area contributed by atoms with Crippen LogP contribution in [0.2, 0.25) is 0 Å². The summed E-state index contributed by atoms with van der Waals surface area (Å²) in [5, 5.41) is 7.02. The van der Waals surface area contributed by atoms with Gasteiger partial charge in [0.25, 0.3) is 0 Å². The van der Waals surface area contributed by atoms with Crippen LogP contribution in [0.3, 0.4) is 0 Å². The molecule has 0 bridgehead atoms. The van der Waals surface area contributed by atoms with E-state index in [0.29, 0.717) is 0 Å². The van der Waals surface area contributed by atoms with E-state index in [1.54, 1.807) is 0 Å². The van der Waals surface area contributed by atoms with Crippen molar-refractivity contribution >= 4 is 35.6 Å². The summed E-state index contributed by atoms with van der Waals surface area (Å²) < 4.78 is 91.6. The van der Waals surface area contributed by atoms with E-state index in [0.717, 1.165) is 0 Å². The summed E-state index contributed by atoms with van der Waals surface area (Å²) in [5.41, 5.74) is -2.24. The first-order chi connectivity index (χ1) is 16.7. The normalized spacial score (nSPS) is 18.8. The maximum absolute atomic E-state index is 12.5. The molecule has 26 heavy (non-hydrogen) atoms. The number of hydrogen-bond donors (Lipinski definition) is 3. The van der Waals surface area contributed by atoms with Gasteiger partial charge in [-0.15, -0.1) is 12.4 Å². The van der Waals surface area contributed by atoms with E-state index in [4.69, 9.17) is 16.4 Å². The SMILES string of the molecule is Cl.[2H]C([2H])([2H])c1cccc(C([2H])([2H])[2H])c1NC(=O)CNCC(=O)Nc1c(C([2H])([2H])[2H])cccc1C([2H])([2H])[2H]. The fourth-order valence-electron chi connectivity index (χ4n) is 2.03. The van der Waals surface area contributed by atoms with Gasteiger partial charge in [0.05, 0.1) is 13.1 Å². The molecule has 0 aliphatic carbocycles. The minimum atomic E-state index is -2.71. The van der Waals surface area contributed by atoms with Gasteiger partial charge in [-0.05, 0) is 49.7 Å². The van der Waals surface area contributed by atoms with Gasteiger partial charge < -0.3 is 10.6 Å². The molecule has 0 fully saturated rings. The molecule has 0 heterocycles. The quantitative estimate of drug-likeness (QED) is 0.710. The Morgan fingerprint density at radius 2 is 1.12 bits per heavy atom. The summed E-state index contributed by atoms with van der Waals surface area (Å²) in [6.07, 6.45) is 0. The number of amides is 2. The lowest BCUT2D eigenvalue weighted by Gasteiger charge is -2.13. The van der Waals surface area contributed by atoms with Crippen LogP contribution in [-0.4, -0.2) is 24.9 Å². The van der Waals surface area contributed by atoms with Gasteiger partial charge in [0, 0.05) is 27.8 Å². The van der Waals surface area contributed by atoms with Gasteiger partial charge in [-0.25, -0.2) is 0 Å². The predicted molar refractivity (Wildman–Crippen MR) is 109 cm³/mol. The highest BCUT2D eigenvalue weighted by Crippen LogP contribution is 2.19. The van der Waals surface area contributed by atoms with Crippen LogP contribution in [0.25, 0.3) is 0 Å². The maximum atomic E-state index is 12.5. The first-order valence-corrected chi connectivity index (χ1v) is 7.31. The summed E-state index contributed by atoms with van der Waals surface area (Å²) in [4.78, 5) is 24.9. The molecule has 0 radical (unpaired) electrons. The summed E-state index contributed by atoms with van der Waals surface area (Å²) >= 11 is 0. The van der Waals surface area contributed by atoms with Crippen LogP contribution in [0.15, 0.2) is 36.4 Å². The molecular weight excluding hydrogens is 350 g/mol. The van der Waals surface area contributed by atoms with Crippen molar-refractivity contribution in [3.8, 4) is 0 Å². The summed E-state index contributed by atoms with van der Waals surface area (Å²) in [5.74, 6) is -1.69. The molecule has 0 aromatic heterocycles. The van der Waals surface area contributed by atoms with Gasteiger partial charge in [0.2, 0.25) is 11.8 Å². The standard InChI is InChI=1S/C20H25N3O2.ClH/c1-13-7-5-8-14(2)19(13)22-17(24)11-21-12-18(25)23-20-15(3)9-6-10-16(20)4;/h5-10,21H,11-12H2,1-4H3,(H,22,24)(H,23,25);1H/i1D3,2D3,3D3,4D3;. The number of para-hydroxylation sites is 2. The smallest absolute Gasteiger partial charge is 0.238 e. The lowest BCUT2D eigenvalue weighted by molar-refractivity contribution is -0.116. The summed E-state index contributed by atoms with van der Waals surface area (Å²) in [7, 11) is 0. The maximum Gasteiger partial charge on any atom is 0.238 e. The number of aryl methyl sites for hydroxylation is 4. The van der Waals surface area contributed by atoms with Crippen LogP contribution in [0, 0.1) is 27.4 Å². The molecule has 2 amide bonds. The average molecular weight is 388 g/mol. The Kier molecular flexibility index (Phi) is 3.65. The number of anilines is 2. The third-order valence-electron chi connectivity index (χ3n) is 3.23. The molecule has 0 unspecified atom stereocenters. The molecule has 5 nitrogen and oxygen atoms in total. The van der Waals surface area contributed by atoms with Crippen molar-refractivity contribution in [2.45, 2.75) is 27.4 Å². The molecule has 2 aromatic rings. The number of nitrogens with one attached hydrogen (secondary N) is 3. The van der Waals surface area contributed by atoms with Crippen molar-refractivity contribution in [3.05, 3.63) is 58.7 Å². The van der Waals surface area contributed by atoms with E-state index >= 15 is 0 Å². The van der Waals surface area contributed by atoms with E-state index in [1.807, 2.05) is 0 Å². The second-order valence-corrected chi connectivity index (χ2v) is 5.16. The number of rotatable bonds is 6. The molecule has 2 aromatic carbocycles. The van der Waals surface area contributed by atoms with Gasteiger partial charge in [0.1, 0.15) is 0 Å². The van der Waals surface area contributed by atoms with Crippen molar-refractivity contribution in [1.82, 2.24) is 5.32 Å². The van der Waals surface area contributed by atoms with Crippen molar-refractivity contribution in [2.24, 2.45) is 0 Å². The fraction of sp³-hybridized carbons (Fsp3) is 0.300. The van der Waals surface area contributed by atoms with Crippen LogP contribution in [0.1, 0.15) is 38.7 Å². The van der Waals surface area contributed by atoms with Crippen LogP contribution in [-0.2, 0) is 9.59 Å². The van der Waals surface area contributed by atoms with Crippen molar-refractivity contribution in [3.63, 3.8) is 0 Å². The van der Waals surface area contributed by atoms with E-state index in [-0.39, 0.29) is 46.0 Å². The van der Waals surface area contributed by atoms with Gasteiger partial charge in [-0.1, -0.05) is 36.4 Å². The van der Waals surface area contributed by atoms with E-state index in [2.05, 4.69) is 16.0 Å². The Morgan fingerprint density at radius 1 is 0.769 bits per heavy atom. The highest BCUT2D eigenvalue weighted by molar-refractivity contribution is 5.96. The number of carbonyl (C=O) groups excluding carboxylic acids is 2. The molecule has 0 aliphatic rings. The molecule has 0 aliphatic heterocycles. The minimum absolute atomic E-state index is 0. The zero-order valence-electron chi connectivity index (χ0n) is 25.6. The molecule has 0 spiro atoms. The monoisotopic (exact) mass is 387 g/mol. The number of benzene rings is 2. The largest absolute Gasteiger partial charge is 0.324 e. The zero-order chi connectivity index (χ0) is 28.4. The number of carbonyl (C=O) groups is 2. The number of hydrogen-bond acceptors (Lipinski definition) is 3. The first kappa shape index (κ1) is 9.53. The van der Waals surface area contributed by atoms with Crippen molar-refractivity contribution < 1.29 is 26.0 Å². The molecule has 2 rings (SSSR count). The average Bonchev–Trinajstić information content (AvgIpc) is 2.70. The Labute approximate surface area is 177 Å². The van der Waals surface area contributed by atoms with E-state index in [9.17, 15) is 9.59 Å². The number of halogens is 1. The van der Waals surface area contributed by atoms with Gasteiger partial charge in [-0.3, -0.25) is 14.9 Å². The predicted octanol–water partition coefficient (Wildman–Crippen LogP) is 3.51. The second-order valence-electron chi connectivity index (χ2n) is 5.16. The molecule has 140 valence electrons. The van der Waals surface area contributed by atoms with Crippen LogP contribution in [0.4, 0.5) is 11.4 Å². The molecule has 0 saturated carbocycles. The Bertz CT molecular complexity index is 1000. The Morgan fingerprint density at radius 3 is 1.42 bits per heavy atom. The minimum Gasteiger partial charge on any atom is -0.324 e. The third kappa shape index (κ3) is 5.86. The highest BCUT2D eigenvalue weighted by Gasteiger charge is 2.09. The van der Waals surface area contributed by atoms with Crippen molar-refractivity contribution in [1.29, 1.82) is 0 Å². The highest BCUT2D eigenvalue weighted by atomic mass is 35.5. The molecule has 0 atom stereocenters. The molecule has 3 N–H and O–H groups in total. The van der Waals surface area contributed by atoms with Crippen LogP contribution < -0.4 is 16.0 Å². The van der Waals surface area contributed by atoms with E-state index in [1.165, 1.54) is 36.4 Å². The summed E-state index contributed by atoms with van der Waals surface area (Å²) in [6.45, 7) is -11.9. The van der Waals surface area contributed by atoms with Gasteiger partial charge in [0.15, 0.2) is 0 Å². The Balaban J connectivity index is 0.00000722. The fourth-order valence-corrected chi connectivity index (χ4v) is 2.03. The first-order valence-electron chi connectivity index (χ1n) is 13.3. The third-order valence-corrected chi connectivity index (χ3v) is 3.23. The topological polar surface area (TPSA) is 70.2 Å². The Hall–Kier alpha value is -2.37. The van der Waals surface area contributed by atoms with Crippen LogP contribution >= 0.6 is 12.4 Å². The van der Waals surface area contributed by atoms with Crippen molar-refractivity contribution in [2.75, 3.05) is 23.7 Å². The lowest BCUT2D eigenvalue weighted by Crippen LogP contribution is -2.34. The zero-order valence-corrected chi connectivity index (χ0v) is 14.4. The van der Waals surface area contributed by atoms with Crippen LogP contribution in [0.5, 0.6) is 0 Å². The van der Waals surface area contributed by atoms with Gasteiger partial charge in [-0.2, -0.15) is 0 Å². The molecule has 6 heteroatoms. The van der Waals surface area contributed by atoms with E-state index < -0.39 is 52.3 Å².